The second kappa shape index (κ2) is 5.34. The van der Waals surface area contributed by atoms with Crippen LogP contribution in [0.2, 0.25) is 0 Å². The van der Waals surface area contributed by atoms with Crippen LogP contribution < -0.4 is 0 Å². The number of rotatable bonds is 4. The molecule has 0 heterocycles. The summed E-state index contributed by atoms with van der Waals surface area (Å²) in [5.74, 6) is 1.33. The topological polar surface area (TPSA) is 0 Å². The lowest BCUT2D eigenvalue weighted by molar-refractivity contribution is 0.718. The second-order valence-electron chi connectivity index (χ2n) is 4.78. The lowest BCUT2D eigenvalue weighted by Gasteiger charge is -2.17. The van der Waals surface area contributed by atoms with E-state index in [-0.39, 0.29) is 0 Å². The average molecular weight is 204 g/mol. The first-order valence-electron chi connectivity index (χ1n) is 6.22. The van der Waals surface area contributed by atoms with E-state index < -0.39 is 0 Å². The second-order valence-corrected chi connectivity index (χ2v) is 4.78. The average Bonchev–Trinajstić information content (AvgIpc) is 2.27. The molecule has 0 bridgehead atoms. The monoisotopic (exact) mass is 204 g/mol. The SMILES string of the molecule is CCc1ccc(C(C)C)cc1C(C)CC. The fraction of sp³-hybridized carbons (Fsp3) is 0.600. The van der Waals surface area contributed by atoms with Crippen LogP contribution in [0, 0.1) is 0 Å². The van der Waals surface area contributed by atoms with Gasteiger partial charge in [-0.2, -0.15) is 0 Å². The molecule has 1 atom stereocenters. The van der Waals surface area contributed by atoms with Crippen LogP contribution in [-0.4, -0.2) is 0 Å². The largest absolute Gasteiger partial charge is 0.0648 e. The molecule has 0 fully saturated rings. The molecule has 1 unspecified atom stereocenters. The molecule has 1 aromatic rings. The van der Waals surface area contributed by atoms with Crippen molar-refractivity contribution in [3.8, 4) is 0 Å². The van der Waals surface area contributed by atoms with Crippen molar-refractivity contribution in [1.82, 2.24) is 0 Å². The number of aryl methyl sites for hydroxylation is 1. The Morgan fingerprint density at radius 1 is 1.07 bits per heavy atom. The van der Waals surface area contributed by atoms with Gasteiger partial charge in [0, 0.05) is 0 Å². The van der Waals surface area contributed by atoms with Crippen LogP contribution >= 0.6 is 0 Å². The molecular weight excluding hydrogens is 180 g/mol. The van der Waals surface area contributed by atoms with E-state index in [1.54, 1.807) is 5.56 Å². The van der Waals surface area contributed by atoms with E-state index in [1.165, 1.54) is 17.5 Å². The number of hydrogen-bond donors (Lipinski definition) is 0. The van der Waals surface area contributed by atoms with Gasteiger partial charge in [0.2, 0.25) is 0 Å². The Hall–Kier alpha value is -0.780. The van der Waals surface area contributed by atoms with Gasteiger partial charge in [-0.1, -0.05) is 52.8 Å². The smallest absolute Gasteiger partial charge is 0.0190 e. The lowest BCUT2D eigenvalue weighted by Crippen LogP contribution is -2.00. The van der Waals surface area contributed by atoms with E-state index in [1.807, 2.05) is 0 Å². The van der Waals surface area contributed by atoms with Gasteiger partial charge in [-0.05, 0) is 41.4 Å². The Balaban J connectivity index is 3.13. The number of benzene rings is 1. The summed E-state index contributed by atoms with van der Waals surface area (Å²) in [6.45, 7) is 11.4. The molecule has 15 heavy (non-hydrogen) atoms. The van der Waals surface area contributed by atoms with Crippen molar-refractivity contribution >= 4 is 0 Å². The van der Waals surface area contributed by atoms with Gasteiger partial charge in [0.05, 0.1) is 0 Å². The molecule has 0 N–H and O–H groups in total. The van der Waals surface area contributed by atoms with Crippen LogP contribution in [0.3, 0.4) is 0 Å². The summed E-state index contributed by atoms with van der Waals surface area (Å²) in [5.41, 5.74) is 4.56. The van der Waals surface area contributed by atoms with Gasteiger partial charge in [0.25, 0.3) is 0 Å². The van der Waals surface area contributed by atoms with E-state index in [0.717, 1.165) is 6.42 Å². The Labute approximate surface area is 94.7 Å². The van der Waals surface area contributed by atoms with Crippen LogP contribution in [0.25, 0.3) is 0 Å². The molecule has 1 aromatic carbocycles. The van der Waals surface area contributed by atoms with E-state index in [2.05, 4.69) is 52.8 Å². The van der Waals surface area contributed by atoms with Gasteiger partial charge in [-0.3, -0.25) is 0 Å². The molecule has 1 rings (SSSR count). The first kappa shape index (κ1) is 12.3. The maximum atomic E-state index is 2.41. The fourth-order valence-corrected chi connectivity index (χ4v) is 1.97. The Bertz CT molecular complexity index is 310. The molecule has 0 aliphatic rings. The van der Waals surface area contributed by atoms with Gasteiger partial charge >= 0.3 is 0 Å². The summed E-state index contributed by atoms with van der Waals surface area (Å²) < 4.78 is 0. The first-order chi connectivity index (χ1) is 7.10. The highest BCUT2D eigenvalue weighted by molar-refractivity contribution is 5.35. The Kier molecular flexibility index (Phi) is 4.38. The van der Waals surface area contributed by atoms with Gasteiger partial charge in [0.15, 0.2) is 0 Å². The molecular formula is C15H24. The van der Waals surface area contributed by atoms with Crippen LogP contribution in [0.1, 0.15) is 69.6 Å². The summed E-state index contributed by atoms with van der Waals surface area (Å²) in [6, 6.07) is 7.02. The Morgan fingerprint density at radius 2 is 1.73 bits per heavy atom. The van der Waals surface area contributed by atoms with Gasteiger partial charge < -0.3 is 0 Å². The highest BCUT2D eigenvalue weighted by Crippen LogP contribution is 2.27. The minimum absolute atomic E-state index is 0.638. The molecule has 0 aliphatic carbocycles. The van der Waals surface area contributed by atoms with E-state index in [4.69, 9.17) is 0 Å². The van der Waals surface area contributed by atoms with Crippen LogP contribution in [0.5, 0.6) is 0 Å². The normalized spacial score (nSPS) is 13.2. The third kappa shape index (κ3) is 2.84. The molecule has 0 amide bonds. The highest BCUT2D eigenvalue weighted by atomic mass is 14.1. The van der Waals surface area contributed by atoms with Crippen molar-refractivity contribution in [3.63, 3.8) is 0 Å². The Morgan fingerprint density at radius 3 is 2.20 bits per heavy atom. The van der Waals surface area contributed by atoms with Gasteiger partial charge in [-0.15, -0.1) is 0 Å². The van der Waals surface area contributed by atoms with Crippen molar-refractivity contribution in [2.75, 3.05) is 0 Å². The van der Waals surface area contributed by atoms with Crippen molar-refractivity contribution in [2.24, 2.45) is 0 Å². The zero-order valence-corrected chi connectivity index (χ0v) is 10.8. The zero-order valence-electron chi connectivity index (χ0n) is 10.8. The summed E-state index contributed by atoms with van der Waals surface area (Å²) >= 11 is 0. The standard InChI is InChI=1S/C15H24/c1-6-12(5)15-10-14(11(3)4)9-8-13(15)7-2/h8-12H,6-7H2,1-5H3. The van der Waals surface area contributed by atoms with Crippen molar-refractivity contribution in [3.05, 3.63) is 34.9 Å². The van der Waals surface area contributed by atoms with Crippen LogP contribution in [0.15, 0.2) is 18.2 Å². The maximum Gasteiger partial charge on any atom is -0.0190 e. The molecule has 0 saturated heterocycles. The quantitative estimate of drug-likeness (QED) is 0.655. The third-order valence-corrected chi connectivity index (χ3v) is 3.36. The molecule has 0 aliphatic heterocycles. The molecule has 0 spiro atoms. The van der Waals surface area contributed by atoms with Crippen LogP contribution in [-0.2, 0) is 6.42 Å². The molecule has 0 heteroatoms. The maximum absolute atomic E-state index is 2.41. The molecule has 0 aromatic heterocycles. The fourth-order valence-electron chi connectivity index (χ4n) is 1.97. The minimum atomic E-state index is 0.638. The third-order valence-electron chi connectivity index (χ3n) is 3.36. The molecule has 84 valence electrons. The van der Waals surface area contributed by atoms with Crippen molar-refractivity contribution < 1.29 is 0 Å². The highest BCUT2D eigenvalue weighted by Gasteiger charge is 2.10. The summed E-state index contributed by atoms with van der Waals surface area (Å²) in [7, 11) is 0. The van der Waals surface area contributed by atoms with E-state index in [9.17, 15) is 0 Å². The molecule has 0 radical (unpaired) electrons. The molecule has 0 saturated carbocycles. The van der Waals surface area contributed by atoms with E-state index in [0.29, 0.717) is 11.8 Å². The van der Waals surface area contributed by atoms with Crippen LogP contribution in [0.4, 0.5) is 0 Å². The summed E-state index contributed by atoms with van der Waals surface area (Å²) in [5, 5.41) is 0. The van der Waals surface area contributed by atoms with Gasteiger partial charge in [-0.25, -0.2) is 0 Å². The summed E-state index contributed by atoms with van der Waals surface area (Å²) in [6.07, 6.45) is 2.38. The van der Waals surface area contributed by atoms with Crippen molar-refractivity contribution in [1.29, 1.82) is 0 Å². The first-order valence-corrected chi connectivity index (χ1v) is 6.22. The predicted molar refractivity (Wildman–Crippen MR) is 68.6 cm³/mol. The zero-order chi connectivity index (χ0) is 11.4. The minimum Gasteiger partial charge on any atom is -0.0648 e. The lowest BCUT2D eigenvalue weighted by atomic mass is 9.88. The summed E-state index contributed by atoms with van der Waals surface area (Å²) in [4.78, 5) is 0. The van der Waals surface area contributed by atoms with Crippen molar-refractivity contribution in [2.45, 2.75) is 59.3 Å². The van der Waals surface area contributed by atoms with E-state index >= 15 is 0 Å². The predicted octanol–water partition coefficient (Wildman–Crippen LogP) is 4.89. The van der Waals surface area contributed by atoms with Gasteiger partial charge in [0.1, 0.15) is 0 Å². The molecule has 0 nitrogen and oxygen atoms in total. The number of hydrogen-bond acceptors (Lipinski definition) is 0.